The maximum absolute atomic E-state index is 4.66. The van der Waals surface area contributed by atoms with E-state index in [0.717, 1.165) is 0 Å². The van der Waals surface area contributed by atoms with Gasteiger partial charge >= 0.3 is 0 Å². The number of hydrogen-bond donors (Lipinski definition) is 0. The van der Waals surface area contributed by atoms with E-state index in [0.29, 0.717) is 13.2 Å². The van der Waals surface area contributed by atoms with E-state index >= 15 is 0 Å². The van der Waals surface area contributed by atoms with Gasteiger partial charge in [-0.1, -0.05) is 0 Å². The van der Waals surface area contributed by atoms with Gasteiger partial charge in [-0.2, -0.15) is 0 Å². The van der Waals surface area contributed by atoms with Gasteiger partial charge in [0.2, 0.25) is 0 Å². The molecule has 0 aliphatic carbocycles. The van der Waals surface area contributed by atoms with E-state index in [2.05, 4.69) is 14.2 Å². The Morgan fingerprint density at radius 1 is 0.778 bits per heavy atom. The molecule has 0 amide bonds. The molecular formula is C6H16O3. The first-order chi connectivity index (χ1) is 4.33. The van der Waals surface area contributed by atoms with Gasteiger partial charge in [-0.25, -0.2) is 0 Å². The lowest BCUT2D eigenvalue weighted by molar-refractivity contribution is 0.103. The van der Waals surface area contributed by atoms with Crippen molar-refractivity contribution in [2.75, 3.05) is 41.7 Å². The molecule has 0 radical (unpaired) electrons. The fourth-order valence-electron chi connectivity index (χ4n) is 0.167. The van der Waals surface area contributed by atoms with E-state index in [1.807, 2.05) is 0 Å². The maximum atomic E-state index is 4.66. The maximum Gasteiger partial charge on any atom is 0.0696 e. The van der Waals surface area contributed by atoms with Crippen LogP contribution >= 0.6 is 0 Å². The predicted molar refractivity (Wildman–Crippen MR) is 36.7 cm³/mol. The van der Waals surface area contributed by atoms with Crippen LogP contribution in [-0.2, 0) is 14.2 Å². The van der Waals surface area contributed by atoms with E-state index in [1.54, 1.807) is 28.4 Å². The second-order valence-electron chi connectivity index (χ2n) is 1.39. The average molecular weight is 136 g/mol. The summed E-state index contributed by atoms with van der Waals surface area (Å²) in [6, 6.07) is 0. The fraction of sp³-hybridized carbons (Fsp3) is 1.00. The van der Waals surface area contributed by atoms with Gasteiger partial charge in [-0.05, 0) is 0 Å². The summed E-state index contributed by atoms with van der Waals surface area (Å²) in [6.07, 6.45) is 0. The van der Waals surface area contributed by atoms with Gasteiger partial charge in [-0.3, -0.25) is 0 Å². The van der Waals surface area contributed by atoms with E-state index < -0.39 is 0 Å². The SMILES string of the molecule is COC.COCCOC. The first kappa shape index (κ1) is 11.6. The minimum Gasteiger partial charge on any atom is -0.388 e. The lowest BCUT2D eigenvalue weighted by Crippen LogP contribution is -1.96. The van der Waals surface area contributed by atoms with Gasteiger partial charge in [0, 0.05) is 28.4 Å². The average Bonchev–Trinajstić information content (AvgIpc) is 1.86. The summed E-state index contributed by atoms with van der Waals surface area (Å²) in [5, 5.41) is 0. The first-order valence-electron chi connectivity index (χ1n) is 2.71. The van der Waals surface area contributed by atoms with Crippen LogP contribution in [0.25, 0.3) is 0 Å². The second-order valence-corrected chi connectivity index (χ2v) is 1.39. The standard InChI is InChI=1S/C4H10O2.C2H6O/c1-5-3-4-6-2;1-3-2/h3-4H2,1-2H3;1-2H3. The van der Waals surface area contributed by atoms with Crippen molar-refractivity contribution in [1.82, 2.24) is 0 Å². The van der Waals surface area contributed by atoms with E-state index in [-0.39, 0.29) is 0 Å². The van der Waals surface area contributed by atoms with Crippen molar-refractivity contribution >= 4 is 0 Å². The molecule has 0 aliphatic rings. The van der Waals surface area contributed by atoms with Crippen LogP contribution < -0.4 is 0 Å². The molecule has 0 bridgehead atoms. The summed E-state index contributed by atoms with van der Waals surface area (Å²) in [7, 11) is 6.55. The molecule has 0 aliphatic heterocycles. The zero-order valence-corrected chi connectivity index (χ0v) is 6.64. The highest BCUT2D eigenvalue weighted by Crippen LogP contribution is 1.65. The Morgan fingerprint density at radius 3 is 1.11 bits per heavy atom. The van der Waals surface area contributed by atoms with Gasteiger partial charge in [0.25, 0.3) is 0 Å². The number of methoxy groups -OCH3 is 3. The zero-order valence-electron chi connectivity index (χ0n) is 6.64. The molecule has 0 saturated heterocycles. The molecule has 3 heteroatoms. The molecule has 0 unspecified atom stereocenters. The summed E-state index contributed by atoms with van der Waals surface area (Å²) in [5.41, 5.74) is 0. The topological polar surface area (TPSA) is 27.7 Å². The highest BCUT2D eigenvalue weighted by molar-refractivity contribution is 4.17. The Kier molecular flexibility index (Phi) is 20.3. The van der Waals surface area contributed by atoms with Crippen molar-refractivity contribution in [3.8, 4) is 0 Å². The Labute approximate surface area is 56.9 Å². The largest absolute Gasteiger partial charge is 0.388 e. The lowest BCUT2D eigenvalue weighted by Gasteiger charge is -1.91. The van der Waals surface area contributed by atoms with Crippen LogP contribution in [0.4, 0.5) is 0 Å². The van der Waals surface area contributed by atoms with Crippen LogP contribution in [0.2, 0.25) is 0 Å². The molecule has 0 aromatic carbocycles. The third kappa shape index (κ3) is 32.8. The van der Waals surface area contributed by atoms with Crippen molar-refractivity contribution in [1.29, 1.82) is 0 Å². The van der Waals surface area contributed by atoms with Crippen LogP contribution in [0.15, 0.2) is 0 Å². The molecule has 0 N–H and O–H groups in total. The molecule has 0 fully saturated rings. The van der Waals surface area contributed by atoms with Crippen molar-refractivity contribution in [2.24, 2.45) is 0 Å². The molecule has 0 saturated carbocycles. The normalized spacial score (nSPS) is 8.00. The van der Waals surface area contributed by atoms with Gasteiger partial charge in [0.05, 0.1) is 13.2 Å². The molecule has 0 heterocycles. The summed E-state index contributed by atoms with van der Waals surface area (Å²) >= 11 is 0. The third-order valence-corrected chi connectivity index (χ3v) is 0.492. The molecule has 0 rings (SSSR count). The molecule has 0 aromatic rings. The van der Waals surface area contributed by atoms with E-state index in [1.165, 1.54) is 0 Å². The van der Waals surface area contributed by atoms with Crippen LogP contribution in [0.1, 0.15) is 0 Å². The molecule has 0 atom stereocenters. The van der Waals surface area contributed by atoms with Crippen molar-refractivity contribution in [3.05, 3.63) is 0 Å². The molecule has 0 aromatic heterocycles. The Bertz CT molecular complexity index is 27.5. The molecular weight excluding hydrogens is 120 g/mol. The summed E-state index contributed by atoms with van der Waals surface area (Å²) < 4.78 is 13.6. The van der Waals surface area contributed by atoms with Crippen LogP contribution in [0, 0.1) is 0 Å². The van der Waals surface area contributed by atoms with Gasteiger partial charge in [-0.15, -0.1) is 0 Å². The van der Waals surface area contributed by atoms with Gasteiger partial charge < -0.3 is 14.2 Å². The monoisotopic (exact) mass is 136 g/mol. The second kappa shape index (κ2) is 15.7. The third-order valence-electron chi connectivity index (χ3n) is 0.492. The van der Waals surface area contributed by atoms with E-state index in [9.17, 15) is 0 Å². The smallest absolute Gasteiger partial charge is 0.0696 e. The Morgan fingerprint density at radius 2 is 1.00 bits per heavy atom. The number of ether oxygens (including phenoxy) is 3. The lowest BCUT2D eigenvalue weighted by atomic mass is 10.8. The number of hydrogen-bond acceptors (Lipinski definition) is 3. The minimum atomic E-state index is 0.691. The summed E-state index contributed by atoms with van der Waals surface area (Å²) in [6.45, 7) is 1.38. The zero-order chi connectivity index (χ0) is 7.54. The quantitative estimate of drug-likeness (QED) is 0.530. The van der Waals surface area contributed by atoms with Crippen molar-refractivity contribution in [2.45, 2.75) is 0 Å². The Balaban J connectivity index is 0. The highest BCUT2D eigenvalue weighted by atomic mass is 16.5. The molecule has 3 nitrogen and oxygen atoms in total. The molecule has 58 valence electrons. The Hall–Kier alpha value is -0.120. The molecule has 0 spiro atoms. The van der Waals surface area contributed by atoms with Crippen LogP contribution in [-0.4, -0.2) is 41.7 Å². The van der Waals surface area contributed by atoms with Gasteiger partial charge in [0.15, 0.2) is 0 Å². The van der Waals surface area contributed by atoms with E-state index in [4.69, 9.17) is 0 Å². The van der Waals surface area contributed by atoms with Crippen LogP contribution in [0.3, 0.4) is 0 Å². The summed E-state index contributed by atoms with van der Waals surface area (Å²) in [5.74, 6) is 0. The van der Waals surface area contributed by atoms with Crippen molar-refractivity contribution < 1.29 is 14.2 Å². The minimum absolute atomic E-state index is 0.691. The molecule has 9 heavy (non-hydrogen) atoms. The van der Waals surface area contributed by atoms with Gasteiger partial charge in [0.1, 0.15) is 0 Å². The number of rotatable bonds is 3. The predicted octanol–water partition coefficient (Wildman–Crippen LogP) is 0.542. The van der Waals surface area contributed by atoms with Crippen molar-refractivity contribution in [3.63, 3.8) is 0 Å². The van der Waals surface area contributed by atoms with Crippen LogP contribution in [0.5, 0.6) is 0 Å². The summed E-state index contributed by atoms with van der Waals surface area (Å²) in [4.78, 5) is 0. The first-order valence-corrected chi connectivity index (χ1v) is 2.71. The highest BCUT2D eigenvalue weighted by Gasteiger charge is 1.73. The fourth-order valence-corrected chi connectivity index (χ4v) is 0.167.